The van der Waals surface area contributed by atoms with E-state index in [2.05, 4.69) is 44.9 Å². The molecule has 0 aliphatic heterocycles. The lowest BCUT2D eigenvalue weighted by Crippen LogP contribution is -2.04. The van der Waals surface area contributed by atoms with Gasteiger partial charge in [0.1, 0.15) is 0 Å². The number of rotatable bonds is 5. The predicted octanol–water partition coefficient (Wildman–Crippen LogP) is 2.98. The van der Waals surface area contributed by atoms with Crippen LogP contribution < -0.4 is 0 Å². The van der Waals surface area contributed by atoms with Crippen molar-refractivity contribution in [3.8, 4) is 0 Å². The van der Waals surface area contributed by atoms with E-state index in [0.29, 0.717) is 12.3 Å². The van der Waals surface area contributed by atoms with E-state index in [1.54, 1.807) is 13.0 Å². The van der Waals surface area contributed by atoms with Gasteiger partial charge in [-0.3, -0.25) is 5.10 Å². The summed E-state index contributed by atoms with van der Waals surface area (Å²) in [7, 11) is 0. The fourth-order valence-corrected chi connectivity index (χ4v) is 2.43. The number of H-pyrrole nitrogens is 1. The number of aryl methyl sites for hydroxylation is 2. The van der Waals surface area contributed by atoms with Crippen LogP contribution in [0.3, 0.4) is 0 Å². The second-order valence-electron chi connectivity index (χ2n) is 4.09. The number of esters is 1. The van der Waals surface area contributed by atoms with Gasteiger partial charge in [0, 0.05) is 9.26 Å². The van der Waals surface area contributed by atoms with E-state index >= 15 is 0 Å². The highest BCUT2D eigenvalue weighted by Crippen LogP contribution is 2.14. The average Bonchev–Trinajstić information content (AvgIpc) is 2.87. The van der Waals surface area contributed by atoms with Gasteiger partial charge in [0.15, 0.2) is 5.69 Å². The van der Waals surface area contributed by atoms with Crippen molar-refractivity contribution in [2.45, 2.75) is 19.8 Å². The molecule has 2 aromatic rings. The zero-order chi connectivity index (χ0) is 13.7. The molecule has 0 aliphatic rings. The number of carbonyl (C=O) groups excluding carboxylic acids is 1. The van der Waals surface area contributed by atoms with E-state index in [-0.39, 0.29) is 5.97 Å². The van der Waals surface area contributed by atoms with Crippen LogP contribution in [0.1, 0.15) is 28.7 Å². The van der Waals surface area contributed by atoms with Crippen molar-refractivity contribution in [3.63, 3.8) is 0 Å². The number of aromatic amines is 1. The van der Waals surface area contributed by atoms with Crippen molar-refractivity contribution in [2.75, 3.05) is 6.61 Å². The van der Waals surface area contributed by atoms with Crippen molar-refractivity contribution in [1.29, 1.82) is 0 Å². The van der Waals surface area contributed by atoms with Crippen molar-refractivity contribution in [2.24, 2.45) is 0 Å². The SMILES string of the molecule is CCOC(=O)c1cc(CCc2ccccc2I)[nH]n1. The molecule has 0 bridgehead atoms. The lowest BCUT2D eigenvalue weighted by molar-refractivity contribution is 0.0519. The first-order valence-electron chi connectivity index (χ1n) is 6.15. The van der Waals surface area contributed by atoms with Crippen LogP contribution in [0.15, 0.2) is 30.3 Å². The summed E-state index contributed by atoms with van der Waals surface area (Å²) in [6, 6.07) is 10.0. The number of nitrogens with zero attached hydrogens (tertiary/aromatic N) is 1. The molecule has 0 aliphatic carbocycles. The Morgan fingerprint density at radius 2 is 2.16 bits per heavy atom. The fraction of sp³-hybridized carbons (Fsp3) is 0.286. The lowest BCUT2D eigenvalue weighted by Gasteiger charge is -2.02. The molecule has 0 amide bonds. The Balaban J connectivity index is 1.97. The number of aromatic nitrogens is 2. The number of halogens is 1. The molecule has 100 valence electrons. The lowest BCUT2D eigenvalue weighted by atomic mass is 10.1. The zero-order valence-corrected chi connectivity index (χ0v) is 12.8. The van der Waals surface area contributed by atoms with Crippen molar-refractivity contribution >= 4 is 28.6 Å². The summed E-state index contributed by atoms with van der Waals surface area (Å²) < 4.78 is 6.16. The highest BCUT2D eigenvalue weighted by Gasteiger charge is 2.11. The van der Waals surface area contributed by atoms with Gasteiger partial charge in [0.2, 0.25) is 0 Å². The van der Waals surface area contributed by atoms with Gasteiger partial charge in [-0.15, -0.1) is 0 Å². The highest BCUT2D eigenvalue weighted by molar-refractivity contribution is 14.1. The Morgan fingerprint density at radius 1 is 1.37 bits per heavy atom. The number of nitrogens with one attached hydrogen (secondary N) is 1. The monoisotopic (exact) mass is 370 g/mol. The van der Waals surface area contributed by atoms with Crippen LogP contribution in [-0.4, -0.2) is 22.8 Å². The Bertz CT molecular complexity index is 566. The third-order valence-corrected chi connectivity index (χ3v) is 3.79. The quantitative estimate of drug-likeness (QED) is 0.651. The van der Waals surface area contributed by atoms with Crippen LogP contribution in [0.2, 0.25) is 0 Å². The maximum atomic E-state index is 11.5. The van der Waals surface area contributed by atoms with Gasteiger partial charge < -0.3 is 4.74 Å². The molecule has 19 heavy (non-hydrogen) atoms. The number of benzene rings is 1. The molecule has 2 rings (SSSR count). The minimum Gasteiger partial charge on any atom is -0.461 e. The van der Waals surface area contributed by atoms with E-state index < -0.39 is 0 Å². The highest BCUT2D eigenvalue weighted by atomic mass is 127. The zero-order valence-electron chi connectivity index (χ0n) is 10.6. The molecular weight excluding hydrogens is 355 g/mol. The second kappa shape index (κ2) is 6.70. The van der Waals surface area contributed by atoms with Gasteiger partial charge in [-0.2, -0.15) is 5.10 Å². The van der Waals surface area contributed by atoms with Crippen LogP contribution in [-0.2, 0) is 17.6 Å². The van der Waals surface area contributed by atoms with Gasteiger partial charge in [-0.05, 0) is 60.1 Å². The van der Waals surface area contributed by atoms with Crippen LogP contribution >= 0.6 is 22.6 Å². The van der Waals surface area contributed by atoms with E-state index in [1.807, 2.05) is 12.1 Å². The van der Waals surface area contributed by atoms with Crippen molar-refractivity contribution in [1.82, 2.24) is 10.2 Å². The van der Waals surface area contributed by atoms with Crippen molar-refractivity contribution < 1.29 is 9.53 Å². The molecule has 1 aromatic carbocycles. The van der Waals surface area contributed by atoms with E-state index in [9.17, 15) is 4.79 Å². The van der Waals surface area contributed by atoms with Gasteiger partial charge in [0.25, 0.3) is 0 Å². The Labute approximate surface area is 125 Å². The largest absolute Gasteiger partial charge is 0.461 e. The molecule has 0 saturated heterocycles. The summed E-state index contributed by atoms with van der Waals surface area (Å²) in [5, 5.41) is 6.85. The summed E-state index contributed by atoms with van der Waals surface area (Å²) in [6.45, 7) is 2.14. The first-order chi connectivity index (χ1) is 9.20. The minimum absolute atomic E-state index is 0.347. The molecule has 1 aromatic heterocycles. The molecule has 0 fully saturated rings. The number of carbonyl (C=O) groups is 1. The summed E-state index contributed by atoms with van der Waals surface area (Å²) >= 11 is 2.33. The molecule has 0 atom stereocenters. The van der Waals surface area contributed by atoms with Gasteiger partial charge in [-0.1, -0.05) is 18.2 Å². The maximum Gasteiger partial charge on any atom is 0.358 e. The molecule has 4 nitrogen and oxygen atoms in total. The normalized spacial score (nSPS) is 10.4. The summed E-state index contributed by atoms with van der Waals surface area (Å²) in [6.07, 6.45) is 1.75. The Kier molecular flexibility index (Phi) is 4.95. The fourth-order valence-electron chi connectivity index (χ4n) is 1.77. The van der Waals surface area contributed by atoms with Crippen molar-refractivity contribution in [3.05, 3.63) is 50.9 Å². The standard InChI is InChI=1S/C14H15IN2O2/c1-2-19-14(18)13-9-11(16-17-13)8-7-10-5-3-4-6-12(10)15/h3-6,9H,2,7-8H2,1H3,(H,16,17). The molecular formula is C14H15IN2O2. The average molecular weight is 370 g/mol. The van der Waals surface area contributed by atoms with E-state index in [0.717, 1.165) is 18.5 Å². The van der Waals surface area contributed by atoms with Crippen LogP contribution in [0, 0.1) is 3.57 Å². The minimum atomic E-state index is -0.376. The molecule has 0 spiro atoms. The number of hydrogen-bond donors (Lipinski definition) is 1. The molecule has 0 unspecified atom stereocenters. The third kappa shape index (κ3) is 3.79. The first kappa shape index (κ1) is 14.0. The first-order valence-corrected chi connectivity index (χ1v) is 7.23. The summed E-state index contributed by atoms with van der Waals surface area (Å²) in [5.74, 6) is -0.376. The molecule has 0 saturated carbocycles. The van der Waals surface area contributed by atoms with E-state index in [1.165, 1.54) is 9.13 Å². The molecule has 0 radical (unpaired) electrons. The van der Waals surface area contributed by atoms with Crippen LogP contribution in [0.25, 0.3) is 0 Å². The van der Waals surface area contributed by atoms with Gasteiger partial charge in [-0.25, -0.2) is 4.79 Å². The van der Waals surface area contributed by atoms with Gasteiger partial charge >= 0.3 is 5.97 Å². The Hall–Kier alpha value is -1.37. The van der Waals surface area contributed by atoms with Crippen LogP contribution in [0.4, 0.5) is 0 Å². The van der Waals surface area contributed by atoms with Crippen LogP contribution in [0.5, 0.6) is 0 Å². The topological polar surface area (TPSA) is 55.0 Å². The predicted molar refractivity (Wildman–Crippen MR) is 81.1 cm³/mol. The summed E-state index contributed by atoms with van der Waals surface area (Å²) in [5.41, 5.74) is 2.60. The Morgan fingerprint density at radius 3 is 2.89 bits per heavy atom. The number of ether oxygens (including phenoxy) is 1. The molecule has 5 heteroatoms. The molecule has 1 heterocycles. The maximum absolute atomic E-state index is 11.5. The van der Waals surface area contributed by atoms with E-state index in [4.69, 9.17) is 4.74 Å². The summed E-state index contributed by atoms with van der Waals surface area (Å²) in [4.78, 5) is 11.5. The number of hydrogen-bond acceptors (Lipinski definition) is 3. The molecule has 1 N–H and O–H groups in total. The third-order valence-electron chi connectivity index (χ3n) is 2.74. The second-order valence-corrected chi connectivity index (χ2v) is 5.25. The smallest absolute Gasteiger partial charge is 0.358 e. The van der Waals surface area contributed by atoms with Gasteiger partial charge in [0.05, 0.1) is 6.61 Å².